The van der Waals surface area contributed by atoms with Gasteiger partial charge < -0.3 is 4.42 Å². The van der Waals surface area contributed by atoms with Crippen LogP contribution in [0.5, 0.6) is 0 Å². The Bertz CT molecular complexity index is 386. The summed E-state index contributed by atoms with van der Waals surface area (Å²) in [4.78, 5) is 8.24. The van der Waals surface area contributed by atoms with Gasteiger partial charge in [0.1, 0.15) is 12.0 Å². The standard InChI is InChI=1S/C9H7ClN2O/c10-5-7-6-13-9(12-7)8-3-1-2-4-11-8/h1-4,6H,5H2. The molecule has 0 bridgehead atoms. The van der Waals surface area contributed by atoms with Crippen molar-refractivity contribution in [3.63, 3.8) is 0 Å². The zero-order valence-electron chi connectivity index (χ0n) is 6.77. The first-order valence-electron chi connectivity index (χ1n) is 3.82. The molecule has 0 aromatic carbocycles. The van der Waals surface area contributed by atoms with E-state index in [1.807, 2.05) is 18.2 Å². The largest absolute Gasteiger partial charge is 0.443 e. The minimum Gasteiger partial charge on any atom is -0.443 e. The summed E-state index contributed by atoms with van der Waals surface area (Å²) in [6.45, 7) is 0. The fourth-order valence-corrected chi connectivity index (χ4v) is 1.10. The number of oxazole rings is 1. The lowest BCUT2D eigenvalue weighted by Gasteiger charge is -1.90. The monoisotopic (exact) mass is 194 g/mol. The summed E-state index contributed by atoms with van der Waals surface area (Å²) in [6, 6.07) is 5.56. The number of hydrogen-bond acceptors (Lipinski definition) is 3. The van der Waals surface area contributed by atoms with Gasteiger partial charge in [-0.1, -0.05) is 6.07 Å². The van der Waals surface area contributed by atoms with Crippen LogP contribution in [0, 0.1) is 0 Å². The van der Waals surface area contributed by atoms with Crippen molar-refractivity contribution in [3.8, 4) is 11.6 Å². The smallest absolute Gasteiger partial charge is 0.245 e. The van der Waals surface area contributed by atoms with Crippen LogP contribution in [0.15, 0.2) is 35.1 Å². The highest BCUT2D eigenvalue weighted by Gasteiger charge is 2.05. The summed E-state index contributed by atoms with van der Waals surface area (Å²) >= 11 is 5.58. The molecule has 0 unspecified atom stereocenters. The zero-order valence-corrected chi connectivity index (χ0v) is 7.53. The minimum atomic E-state index is 0.357. The second kappa shape index (κ2) is 3.58. The Hall–Kier alpha value is -1.35. The molecule has 0 fully saturated rings. The van der Waals surface area contributed by atoms with Crippen LogP contribution in [0.1, 0.15) is 5.69 Å². The molecule has 0 aliphatic carbocycles. The molecule has 2 aromatic rings. The van der Waals surface area contributed by atoms with E-state index < -0.39 is 0 Å². The number of nitrogens with zero attached hydrogens (tertiary/aromatic N) is 2. The van der Waals surface area contributed by atoms with Crippen molar-refractivity contribution in [2.24, 2.45) is 0 Å². The van der Waals surface area contributed by atoms with Crippen molar-refractivity contribution in [3.05, 3.63) is 36.4 Å². The SMILES string of the molecule is ClCc1coc(-c2ccccn2)n1. The zero-order chi connectivity index (χ0) is 9.10. The first-order chi connectivity index (χ1) is 6.40. The molecule has 0 saturated carbocycles. The van der Waals surface area contributed by atoms with Gasteiger partial charge in [0.05, 0.1) is 11.6 Å². The fraction of sp³-hybridized carbons (Fsp3) is 0.111. The highest BCUT2D eigenvalue weighted by Crippen LogP contribution is 2.15. The highest BCUT2D eigenvalue weighted by atomic mass is 35.5. The molecule has 0 aliphatic rings. The van der Waals surface area contributed by atoms with Crippen LogP contribution in [0.2, 0.25) is 0 Å². The first kappa shape index (κ1) is 8.26. The van der Waals surface area contributed by atoms with E-state index in [4.69, 9.17) is 16.0 Å². The Balaban J connectivity index is 2.36. The van der Waals surface area contributed by atoms with Crippen LogP contribution in [0.4, 0.5) is 0 Å². The van der Waals surface area contributed by atoms with Crippen molar-refractivity contribution in [2.75, 3.05) is 0 Å². The highest BCUT2D eigenvalue weighted by molar-refractivity contribution is 6.16. The van der Waals surface area contributed by atoms with Crippen LogP contribution in [0.25, 0.3) is 11.6 Å². The van der Waals surface area contributed by atoms with Crippen molar-refractivity contribution in [1.82, 2.24) is 9.97 Å². The van der Waals surface area contributed by atoms with Crippen LogP contribution in [-0.2, 0) is 5.88 Å². The van der Waals surface area contributed by atoms with Gasteiger partial charge in [-0.15, -0.1) is 11.6 Å². The number of alkyl halides is 1. The Morgan fingerprint density at radius 2 is 2.31 bits per heavy atom. The molecule has 0 atom stereocenters. The predicted molar refractivity (Wildman–Crippen MR) is 49.3 cm³/mol. The van der Waals surface area contributed by atoms with Crippen molar-refractivity contribution in [1.29, 1.82) is 0 Å². The van der Waals surface area contributed by atoms with E-state index in [-0.39, 0.29) is 0 Å². The Morgan fingerprint density at radius 3 is 2.92 bits per heavy atom. The van der Waals surface area contributed by atoms with Crippen LogP contribution < -0.4 is 0 Å². The molecule has 2 aromatic heterocycles. The molecule has 66 valence electrons. The molecule has 0 N–H and O–H groups in total. The molecule has 0 saturated heterocycles. The van der Waals surface area contributed by atoms with Crippen molar-refractivity contribution < 1.29 is 4.42 Å². The van der Waals surface area contributed by atoms with Gasteiger partial charge in [-0.25, -0.2) is 4.98 Å². The van der Waals surface area contributed by atoms with Gasteiger partial charge in [-0.05, 0) is 12.1 Å². The maximum Gasteiger partial charge on any atom is 0.245 e. The number of rotatable bonds is 2. The van der Waals surface area contributed by atoms with E-state index in [0.29, 0.717) is 11.8 Å². The van der Waals surface area contributed by atoms with Crippen molar-refractivity contribution in [2.45, 2.75) is 5.88 Å². The molecule has 2 rings (SSSR count). The molecule has 0 aliphatic heterocycles. The minimum absolute atomic E-state index is 0.357. The summed E-state index contributed by atoms with van der Waals surface area (Å²) in [7, 11) is 0. The molecule has 0 radical (unpaired) electrons. The van der Waals surface area contributed by atoms with E-state index in [0.717, 1.165) is 11.4 Å². The molecule has 0 amide bonds. The van der Waals surface area contributed by atoms with Gasteiger partial charge in [-0.2, -0.15) is 0 Å². The van der Waals surface area contributed by atoms with Gasteiger partial charge in [0.25, 0.3) is 0 Å². The van der Waals surface area contributed by atoms with Gasteiger partial charge in [0.2, 0.25) is 5.89 Å². The second-order valence-corrected chi connectivity index (χ2v) is 2.76. The maximum absolute atomic E-state index is 5.58. The fourth-order valence-electron chi connectivity index (χ4n) is 0.975. The summed E-state index contributed by atoms with van der Waals surface area (Å²) in [5.74, 6) is 0.868. The summed E-state index contributed by atoms with van der Waals surface area (Å²) < 4.78 is 5.18. The van der Waals surface area contributed by atoms with Crippen LogP contribution >= 0.6 is 11.6 Å². The van der Waals surface area contributed by atoms with Gasteiger partial charge in [0, 0.05) is 6.20 Å². The lowest BCUT2D eigenvalue weighted by molar-refractivity contribution is 0.571. The third-order valence-electron chi connectivity index (χ3n) is 1.57. The average molecular weight is 195 g/mol. The number of aromatic nitrogens is 2. The molecular weight excluding hydrogens is 188 g/mol. The third kappa shape index (κ3) is 1.70. The summed E-state index contributed by atoms with van der Waals surface area (Å²) in [6.07, 6.45) is 3.23. The van der Waals surface area contributed by atoms with E-state index in [2.05, 4.69) is 9.97 Å². The van der Waals surface area contributed by atoms with Crippen molar-refractivity contribution >= 4 is 11.6 Å². The topological polar surface area (TPSA) is 38.9 Å². The first-order valence-corrected chi connectivity index (χ1v) is 4.35. The van der Waals surface area contributed by atoms with E-state index >= 15 is 0 Å². The number of halogens is 1. The van der Waals surface area contributed by atoms with Gasteiger partial charge >= 0.3 is 0 Å². The Morgan fingerprint density at radius 1 is 1.38 bits per heavy atom. The summed E-state index contributed by atoms with van der Waals surface area (Å²) in [5, 5.41) is 0. The van der Waals surface area contributed by atoms with Crippen LogP contribution in [-0.4, -0.2) is 9.97 Å². The van der Waals surface area contributed by atoms with Crippen LogP contribution in [0.3, 0.4) is 0 Å². The van der Waals surface area contributed by atoms with Gasteiger partial charge in [-0.3, -0.25) is 4.98 Å². The quantitative estimate of drug-likeness (QED) is 0.690. The molecule has 13 heavy (non-hydrogen) atoms. The molecule has 2 heterocycles. The van der Waals surface area contributed by atoms with E-state index in [9.17, 15) is 0 Å². The Labute approximate surface area is 80.4 Å². The lowest BCUT2D eigenvalue weighted by Crippen LogP contribution is -1.82. The molecular formula is C9H7ClN2O. The lowest BCUT2D eigenvalue weighted by atomic mass is 10.3. The number of hydrogen-bond donors (Lipinski definition) is 0. The maximum atomic E-state index is 5.58. The van der Waals surface area contributed by atoms with Gasteiger partial charge in [0.15, 0.2) is 0 Å². The number of pyridine rings is 1. The molecule has 0 spiro atoms. The van der Waals surface area contributed by atoms with E-state index in [1.165, 1.54) is 6.26 Å². The second-order valence-electron chi connectivity index (χ2n) is 2.49. The molecule has 3 nitrogen and oxygen atoms in total. The molecule has 4 heteroatoms. The summed E-state index contributed by atoms with van der Waals surface area (Å²) in [5.41, 5.74) is 1.45. The third-order valence-corrected chi connectivity index (χ3v) is 1.85. The average Bonchev–Trinajstić information content (AvgIpc) is 2.67. The van der Waals surface area contributed by atoms with E-state index in [1.54, 1.807) is 6.20 Å². The Kier molecular flexibility index (Phi) is 2.27. The normalized spacial score (nSPS) is 10.2. The predicted octanol–water partition coefficient (Wildman–Crippen LogP) is 2.48.